The molecule has 4 aromatic carbocycles. The van der Waals surface area contributed by atoms with Gasteiger partial charge in [-0.05, 0) is 71.0 Å². The van der Waals surface area contributed by atoms with Gasteiger partial charge in [0.15, 0.2) is 0 Å². The number of nitrogens with one attached hydrogen (secondary N) is 1. The molecule has 5 rings (SSSR count). The highest BCUT2D eigenvalue weighted by molar-refractivity contribution is 7.27. The van der Waals surface area contributed by atoms with Crippen molar-refractivity contribution >= 4 is 58.7 Å². The highest BCUT2D eigenvalue weighted by Crippen LogP contribution is 2.44. The molecule has 1 heterocycles. The van der Waals surface area contributed by atoms with E-state index in [1.54, 1.807) is 0 Å². The average Bonchev–Trinajstić information content (AvgIpc) is 3.37. The second-order valence-electron chi connectivity index (χ2n) is 12.2. The maximum Gasteiger partial charge on any atom is 0.0434 e. The Labute approximate surface area is 251 Å². The lowest BCUT2D eigenvalue weighted by Gasteiger charge is -2.17. The maximum absolute atomic E-state index is 6.72. The zero-order chi connectivity index (χ0) is 28.8. The van der Waals surface area contributed by atoms with Crippen LogP contribution < -0.4 is 11.1 Å². The van der Waals surface area contributed by atoms with E-state index in [1.807, 2.05) is 11.3 Å². The van der Waals surface area contributed by atoms with Gasteiger partial charge in [0.2, 0.25) is 0 Å². The van der Waals surface area contributed by atoms with Crippen molar-refractivity contribution in [1.82, 2.24) is 0 Å². The molecule has 2 nitrogen and oxygen atoms in total. The van der Waals surface area contributed by atoms with Crippen LogP contribution in [0.3, 0.4) is 0 Å². The summed E-state index contributed by atoms with van der Waals surface area (Å²) in [5.41, 5.74) is 12.0. The summed E-state index contributed by atoms with van der Waals surface area (Å²) in [6, 6.07) is 18.8. The van der Waals surface area contributed by atoms with Crippen LogP contribution in [0.2, 0.25) is 0 Å². The van der Waals surface area contributed by atoms with Gasteiger partial charge in [-0.25, -0.2) is 0 Å². The molecule has 218 valence electrons. The number of nitrogens with two attached hydrogens (primary N) is 1. The third-order valence-corrected chi connectivity index (χ3v) is 10.5. The van der Waals surface area contributed by atoms with Crippen molar-refractivity contribution in [2.24, 2.45) is 5.73 Å². The van der Waals surface area contributed by atoms with Gasteiger partial charge >= 0.3 is 0 Å². The second-order valence-corrected chi connectivity index (χ2v) is 13.2. The van der Waals surface area contributed by atoms with Gasteiger partial charge in [-0.15, -0.1) is 11.3 Å². The molecule has 1 unspecified atom stereocenters. The van der Waals surface area contributed by atoms with Gasteiger partial charge in [-0.2, -0.15) is 0 Å². The van der Waals surface area contributed by atoms with Crippen molar-refractivity contribution in [1.29, 1.82) is 0 Å². The van der Waals surface area contributed by atoms with E-state index in [-0.39, 0.29) is 6.04 Å². The molecule has 0 aliphatic carbocycles. The first-order valence-electron chi connectivity index (χ1n) is 16.3. The Balaban J connectivity index is 1.40. The van der Waals surface area contributed by atoms with E-state index in [0.717, 1.165) is 13.0 Å². The van der Waals surface area contributed by atoms with Crippen LogP contribution in [-0.2, 0) is 0 Å². The molecule has 3 heteroatoms. The number of unbranched alkanes of at least 4 members (excludes halogenated alkanes) is 9. The van der Waals surface area contributed by atoms with Crippen LogP contribution in [0.25, 0.3) is 41.7 Å². The van der Waals surface area contributed by atoms with Gasteiger partial charge < -0.3 is 11.1 Å². The van der Waals surface area contributed by atoms with Crippen LogP contribution in [0.15, 0.2) is 48.5 Å². The zero-order valence-electron chi connectivity index (χ0n) is 25.9. The predicted molar refractivity (Wildman–Crippen MR) is 186 cm³/mol. The van der Waals surface area contributed by atoms with E-state index < -0.39 is 0 Å². The van der Waals surface area contributed by atoms with Crippen LogP contribution in [0.5, 0.6) is 0 Å². The Kier molecular flexibility index (Phi) is 10.2. The smallest absolute Gasteiger partial charge is 0.0434 e. The van der Waals surface area contributed by atoms with Crippen molar-refractivity contribution in [3.8, 4) is 0 Å². The first kappa shape index (κ1) is 29.9. The van der Waals surface area contributed by atoms with E-state index >= 15 is 0 Å². The molecular formula is C38H50N2S. The third-order valence-electron chi connectivity index (χ3n) is 9.24. The summed E-state index contributed by atoms with van der Waals surface area (Å²) >= 11 is 1.96. The Bertz CT molecular complexity index is 1610. The number of hydrogen-bond acceptors (Lipinski definition) is 3. The van der Waals surface area contributed by atoms with E-state index in [1.165, 1.54) is 135 Å². The predicted octanol–water partition coefficient (Wildman–Crippen LogP) is 12.1. The Hall–Kier alpha value is -2.62. The monoisotopic (exact) mass is 566 g/mol. The molecule has 0 saturated heterocycles. The van der Waals surface area contributed by atoms with Crippen LogP contribution in [0, 0.1) is 13.8 Å². The molecule has 5 aromatic rings. The van der Waals surface area contributed by atoms with Crippen molar-refractivity contribution in [2.75, 3.05) is 11.9 Å². The van der Waals surface area contributed by atoms with Crippen molar-refractivity contribution in [3.05, 3.63) is 65.2 Å². The summed E-state index contributed by atoms with van der Waals surface area (Å²) in [5, 5.41) is 11.9. The van der Waals surface area contributed by atoms with Gasteiger partial charge in [0.25, 0.3) is 0 Å². The molecule has 1 atom stereocenters. The number of hydrogen-bond donors (Lipinski definition) is 2. The SMILES string of the molecule is CCCCCCCCNc1ccc2c(ccc3c4ccc5c(C)c(C(N)CCCCCCC)ccc5c4sc23)c1C. The number of anilines is 1. The van der Waals surface area contributed by atoms with Crippen LogP contribution in [0.4, 0.5) is 5.69 Å². The molecule has 0 saturated carbocycles. The Morgan fingerprint density at radius 1 is 0.585 bits per heavy atom. The molecule has 0 aliphatic heterocycles. The molecular weight excluding hydrogens is 516 g/mol. The van der Waals surface area contributed by atoms with Gasteiger partial charge in [0, 0.05) is 38.4 Å². The summed E-state index contributed by atoms with van der Waals surface area (Å²) in [6.45, 7) is 10.2. The number of aryl methyl sites for hydroxylation is 2. The molecule has 0 spiro atoms. The topological polar surface area (TPSA) is 38.0 Å². The van der Waals surface area contributed by atoms with Gasteiger partial charge in [-0.3, -0.25) is 0 Å². The minimum absolute atomic E-state index is 0.120. The van der Waals surface area contributed by atoms with Gasteiger partial charge in [-0.1, -0.05) is 121 Å². The third kappa shape index (κ3) is 6.42. The van der Waals surface area contributed by atoms with Gasteiger partial charge in [0.05, 0.1) is 0 Å². The number of benzene rings is 4. The second kappa shape index (κ2) is 14.0. The van der Waals surface area contributed by atoms with Crippen molar-refractivity contribution in [2.45, 2.75) is 111 Å². The molecule has 0 bridgehead atoms. The normalized spacial score (nSPS) is 12.7. The average molecular weight is 567 g/mol. The quantitative estimate of drug-likeness (QED) is 0.124. The summed E-state index contributed by atoms with van der Waals surface area (Å²) < 4.78 is 2.80. The molecule has 0 aliphatic rings. The Morgan fingerprint density at radius 2 is 1.07 bits per heavy atom. The summed E-state index contributed by atoms with van der Waals surface area (Å²) in [7, 11) is 0. The zero-order valence-corrected chi connectivity index (χ0v) is 26.7. The molecule has 0 amide bonds. The van der Waals surface area contributed by atoms with E-state index in [4.69, 9.17) is 5.73 Å². The maximum atomic E-state index is 6.72. The van der Waals surface area contributed by atoms with Crippen molar-refractivity contribution < 1.29 is 0 Å². The highest BCUT2D eigenvalue weighted by atomic mass is 32.1. The van der Waals surface area contributed by atoms with Crippen LogP contribution in [0.1, 0.15) is 114 Å². The number of rotatable bonds is 15. The lowest BCUT2D eigenvalue weighted by atomic mass is 9.92. The van der Waals surface area contributed by atoms with Crippen molar-refractivity contribution in [3.63, 3.8) is 0 Å². The number of fused-ring (bicyclic) bond motifs is 7. The lowest BCUT2D eigenvalue weighted by Crippen LogP contribution is -2.11. The number of thiophene rings is 1. The fourth-order valence-electron chi connectivity index (χ4n) is 6.67. The summed E-state index contributed by atoms with van der Waals surface area (Å²) in [4.78, 5) is 0. The minimum Gasteiger partial charge on any atom is -0.385 e. The van der Waals surface area contributed by atoms with Gasteiger partial charge in [0.1, 0.15) is 0 Å². The highest BCUT2D eigenvalue weighted by Gasteiger charge is 2.16. The summed E-state index contributed by atoms with van der Waals surface area (Å²) in [6.07, 6.45) is 15.5. The van der Waals surface area contributed by atoms with E-state index in [0.29, 0.717) is 0 Å². The Morgan fingerprint density at radius 3 is 1.73 bits per heavy atom. The van der Waals surface area contributed by atoms with Crippen LogP contribution in [-0.4, -0.2) is 6.54 Å². The standard InChI is InChI=1S/C38H50N2S/c1-5-7-9-11-13-15-25-40-36-24-23-32-29(27(36)4)18-21-34-33-20-17-28-26(3)30(35(39)16-14-12-10-8-6-2)19-22-31(28)37(33)41-38(32)34/h17-24,35,40H,5-16,25,39H2,1-4H3. The fourth-order valence-corrected chi connectivity index (χ4v) is 8.02. The molecule has 3 N–H and O–H groups in total. The van der Waals surface area contributed by atoms with E-state index in [2.05, 4.69) is 81.5 Å². The van der Waals surface area contributed by atoms with E-state index in [9.17, 15) is 0 Å². The fraction of sp³-hybridized carbons (Fsp3) is 0.474. The molecule has 0 fully saturated rings. The largest absolute Gasteiger partial charge is 0.385 e. The molecule has 0 radical (unpaired) electrons. The molecule has 41 heavy (non-hydrogen) atoms. The summed E-state index contributed by atoms with van der Waals surface area (Å²) in [5.74, 6) is 0. The first-order valence-corrected chi connectivity index (χ1v) is 17.2. The first-order chi connectivity index (χ1) is 20.0. The van der Waals surface area contributed by atoms with Crippen LogP contribution >= 0.6 is 11.3 Å². The molecule has 1 aromatic heterocycles. The lowest BCUT2D eigenvalue weighted by molar-refractivity contribution is 0.554. The minimum atomic E-state index is 0.120.